The second-order valence-corrected chi connectivity index (χ2v) is 10.4. The zero-order chi connectivity index (χ0) is 28.4. The van der Waals surface area contributed by atoms with Crippen LogP contribution in [0.15, 0.2) is 51.8 Å². The fourth-order valence-corrected chi connectivity index (χ4v) is 5.45. The van der Waals surface area contributed by atoms with E-state index in [-0.39, 0.29) is 18.5 Å². The Morgan fingerprint density at radius 1 is 1.18 bits per heavy atom. The van der Waals surface area contributed by atoms with E-state index < -0.39 is 11.2 Å². The smallest absolute Gasteiger partial charge is 0.329 e. The van der Waals surface area contributed by atoms with Crippen LogP contribution in [0, 0.1) is 0 Å². The fraction of sp³-hybridized carbons (Fsp3) is 0.429. The number of likely N-dealkylation sites (tertiary alicyclic amines) is 1. The van der Waals surface area contributed by atoms with Gasteiger partial charge in [-0.3, -0.25) is 29.0 Å². The molecule has 5 heterocycles. The highest BCUT2D eigenvalue weighted by Crippen LogP contribution is 2.28. The number of aromatic amines is 1. The van der Waals surface area contributed by atoms with Crippen molar-refractivity contribution >= 4 is 39.3 Å². The summed E-state index contributed by atoms with van der Waals surface area (Å²) < 4.78 is 1.63. The van der Waals surface area contributed by atoms with Gasteiger partial charge in [-0.25, -0.2) is 14.8 Å². The molecule has 5 rings (SSSR count). The van der Waals surface area contributed by atoms with E-state index in [1.54, 1.807) is 16.8 Å². The van der Waals surface area contributed by atoms with Crippen molar-refractivity contribution in [3.8, 4) is 0 Å². The SMILES string of the molecule is C=C/C(=C\N=C(/C)N1CCN(C)CC1)c1ccc2ncc3c(=O)[nH]c(=O)n(C4CCN(CC(N)=O)CC4)c3c2n1. The number of pyridine rings is 2. The molecule has 0 unspecified atom stereocenters. The summed E-state index contributed by atoms with van der Waals surface area (Å²) in [6, 6.07) is 3.49. The van der Waals surface area contributed by atoms with E-state index in [2.05, 4.69) is 33.4 Å². The van der Waals surface area contributed by atoms with Crippen LogP contribution in [0.1, 0.15) is 31.5 Å². The molecule has 2 aliphatic heterocycles. The van der Waals surface area contributed by atoms with Gasteiger partial charge < -0.3 is 15.5 Å². The van der Waals surface area contributed by atoms with Gasteiger partial charge in [0.05, 0.1) is 28.7 Å². The zero-order valence-electron chi connectivity index (χ0n) is 23.0. The van der Waals surface area contributed by atoms with Crippen LogP contribution in [-0.4, -0.2) is 98.8 Å². The Balaban J connectivity index is 1.56. The van der Waals surface area contributed by atoms with Gasteiger partial charge in [-0.1, -0.05) is 12.7 Å². The van der Waals surface area contributed by atoms with Gasteiger partial charge in [0.1, 0.15) is 11.4 Å². The van der Waals surface area contributed by atoms with Crippen molar-refractivity contribution in [2.24, 2.45) is 10.7 Å². The van der Waals surface area contributed by atoms with Gasteiger partial charge in [-0.15, -0.1) is 0 Å². The molecule has 2 fully saturated rings. The van der Waals surface area contributed by atoms with E-state index in [0.29, 0.717) is 59.1 Å². The Kier molecular flexibility index (Phi) is 7.90. The maximum Gasteiger partial charge on any atom is 0.329 e. The first-order valence-corrected chi connectivity index (χ1v) is 13.5. The minimum Gasteiger partial charge on any atom is -0.369 e. The second kappa shape index (κ2) is 11.5. The predicted octanol–water partition coefficient (Wildman–Crippen LogP) is 0.948. The van der Waals surface area contributed by atoms with Crippen molar-refractivity contribution in [2.45, 2.75) is 25.8 Å². The average molecular weight is 546 g/mol. The number of piperidine rings is 1. The summed E-state index contributed by atoms with van der Waals surface area (Å²) in [5.41, 5.74) is 7.19. The Morgan fingerprint density at radius 2 is 1.90 bits per heavy atom. The topological polar surface area (TPSA) is 146 Å². The van der Waals surface area contributed by atoms with Crippen LogP contribution in [0.25, 0.3) is 27.5 Å². The molecule has 1 amide bonds. The summed E-state index contributed by atoms with van der Waals surface area (Å²) in [7, 11) is 2.11. The summed E-state index contributed by atoms with van der Waals surface area (Å²) in [6.45, 7) is 11.2. The highest BCUT2D eigenvalue weighted by atomic mass is 16.2. The molecule has 0 saturated carbocycles. The van der Waals surface area contributed by atoms with Gasteiger partial charge in [0.2, 0.25) is 5.91 Å². The number of piperazine rings is 1. The highest BCUT2D eigenvalue weighted by molar-refractivity contribution is 6.01. The summed E-state index contributed by atoms with van der Waals surface area (Å²) in [4.78, 5) is 60.4. The third-order valence-corrected chi connectivity index (χ3v) is 7.78. The number of rotatable bonds is 6. The molecule has 0 aromatic carbocycles. The molecule has 3 N–H and O–H groups in total. The number of amidine groups is 1. The largest absolute Gasteiger partial charge is 0.369 e. The number of likely N-dealkylation sites (N-methyl/N-ethyl adjacent to an activating group) is 1. The standard InChI is InChI=1S/C28H35N9O3/c1-4-19(15-30-18(2)36-13-11-34(3)12-14-36)22-5-6-23-25(32-22)26-21(16-31-23)27(39)33-28(40)37(26)20-7-9-35(10-8-20)17-24(29)38/h4-6,15-16,20H,1,7-14,17H2,2-3H3,(H2,29,38)(H,33,39,40)/b19-15+,30-18+. The number of aromatic nitrogens is 4. The third kappa shape index (κ3) is 5.58. The molecule has 0 spiro atoms. The number of H-pyrrole nitrogens is 1. The number of nitrogens with one attached hydrogen (secondary N) is 1. The van der Waals surface area contributed by atoms with Crippen molar-refractivity contribution in [1.82, 2.24) is 34.2 Å². The fourth-order valence-electron chi connectivity index (χ4n) is 5.45. The van der Waals surface area contributed by atoms with Gasteiger partial charge in [-0.05, 0) is 38.9 Å². The average Bonchev–Trinajstić information content (AvgIpc) is 2.94. The van der Waals surface area contributed by atoms with Crippen LogP contribution in [-0.2, 0) is 4.79 Å². The van der Waals surface area contributed by atoms with Gasteiger partial charge in [0, 0.05) is 63.3 Å². The molecular formula is C28H35N9O3. The number of fused-ring (bicyclic) bond motifs is 3. The van der Waals surface area contributed by atoms with Crippen molar-refractivity contribution in [1.29, 1.82) is 0 Å². The Morgan fingerprint density at radius 3 is 2.58 bits per heavy atom. The quantitative estimate of drug-likeness (QED) is 0.202. The number of primary amides is 1. The molecule has 210 valence electrons. The molecule has 2 aliphatic rings. The first-order valence-electron chi connectivity index (χ1n) is 13.5. The number of nitrogens with zero attached hydrogens (tertiary/aromatic N) is 7. The number of nitrogens with two attached hydrogens (primary N) is 1. The number of carbonyl (C=O) groups excluding carboxylic acids is 1. The maximum atomic E-state index is 13.2. The number of aliphatic imine (C=N–C) groups is 1. The molecular weight excluding hydrogens is 510 g/mol. The monoisotopic (exact) mass is 545 g/mol. The molecule has 40 heavy (non-hydrogen) atoms. The van der Waals surface area contributed by atoms with Crippen LogP contribution >= 0.6 is 0 Å². The molecule has 3 aromatic rings. The van der Waals surface area contributed by atoms with Crippen LogP contribution < -0.4 is 17.0 Å². The van der Waals surface area contributed by atoms with E-state index in [1.807, 2.05) is 24.0 Å². The first kappa shape index (κ1) is 27.4. The van der Waals surface area contributed by atoms with E-state index >= 15 is 0 Å². The Labute approximate surface area is 231 Å². The summed E-state index contributed by atoms with van der Waals surface area (Å²) in [5.74, 6) is 0.538. The summed E-state index contributed by atoms with van der Waals surface area (Å²) in [5, 5.41) is 0.296. The Bertz CT molecular complexity index is 1620. The molecule has 0 radical (unpaired) electrons. The number of hydrogen-bond donors (Lipinski definition) is 2. The van der Waals surface area contributed by atoms with Gasteiger partial charge in [-0.2, -0.15) is 0 Å². The number of hydrogen-bond acceptors (Lipinski definition) is 8. The zero-order valence-corrected chi connectivity index (χ0v) is 23.0. The Hall–Kier alpha value is -4.16. The van der Waals surface area contributed by atoms with E-state index in [4.69, 9.17) is 15.7 Å². The maximum absolute atomic E-state index is 13.2. The van der Waals surface area contributed by atoms with E-state index in [1.165, 1.54) is 6.20 Å². The van der Waals surface area contributed by atoms with Gasteiger partial charge >= 0.3 is 5.69 Å². The predicted molar refractivity (Wildman–Crippen MR) is 156 cm³/mol. The first-order chi connectivity index (χ1) is 19.2. The lowest BCUT2D eigenvalue weighted by Gasteiger charge is -2.33. The van der Waals surface area contributed by atoms with E-state index in [9.17, 15) is 14.4 Å². The molecule has 12 nitrogen and oxygen atoms in total. The molecule has 12 heteroatoms. The van der Waals surface area contributed by atoms with Gasteiger partial charge in [0.25, 0.3) is 5.56 Å². The molecule has 2 saturated heterocycles. The number of allylic oxidation sites excluding steroid dienone is 2. The van der Waals surface area contributed by atoms with Crippen molar-refractivity contribution in [3.63, 3.8) is 0 Å². The molecule has 0 atom stereocenters. The van der Waals surface area contributed by atoms with Crippen LogP contribution in [0.2, 0.25) is 0 Å². The number of carbonyl (C=O) groups is 1. The lowest BCUT2D eigenvalue weighted by molar-refractivity contribution is -0.119. The molecule has 0 aliphatic carbocycles. The molecule has 3 aromatic heterocycles. The van der Waals surface area contributed by atoms with Crippen molar-refractivity contribution in [3.05, 3.63) is 63.7 Å². The minimum absolute atomic E-state index is 0.180. The van der Waals surface area contributed by atoms with Crippen LogP contribution in [0.5, 0.6) is 0 Å². The van der Waals surface area contributed by atoms with Crippen molar-refractivity contribution in [2.75, 3.05) is 52.9 Å². The lowest BCUT2D eigenvalue weighted by Crippen LogP contribution is -2.46. The lowest BCUT2D eigenvalue weighted by atomic mass is 10.0. The number of amides is 1. The summed E-state index contributed by atoms with van der Waals surface area (Å²) in [6.07, 6.45) is 6.18. The van der Waals surface area contributed by atoms with E-state index in [0.717, 1.165) is 32.0 Å². The summed E-state index contributed by atoms with van der Waals surface area (Å²) >= 11 is 0. The highest BCUT2D eigenvalue weighted by Gasteiger charge is 2.25. The van der Waals surface area contributed by atoms with Crippen LogP contribution in [0.4, 0.5) is 0 Å². The van der Waals surface area contributed by atoms with Gasteiger partial charge in [0.15, 0.2) is 0 Å². The second-order valence-electron chi connectivity index (χ2n) is 10.4. The normalized spacial score (nSPS) is 18.5. The minimum atomic E-state index is -0.504. The van der Waals surface area contributed by atoms with Crippen molar-refractivity contribution < 1.29 is 4.79 Å². The van der Waals surface area contributed by atoms with Crippen LogP contribution in [0.3, 0.4) is 0 Å². The molecule has 0 bridgehead atoms. The third-order valence-electron chi connectivity index (χ3n) is 7.78.